The van der Waals surface area contributed by atoms with E-state index < -0.39 is 0 Å². The molecule has 1 aromatic carbocycles. The van der Waals surface area contributed by atoms with Crippen molar-refractivity contribution in [3.63, 3.8) is 0 Å². The zero-order valence-electron chi connectivity index (χ0n) is 13.3. The minimum atomic E-state index is 0.616. The highest BCUT2D eigenvalue weighted by Crippen LogP contribution is 2.31. The summed E-state index contributed by atoms with van der Waals surface area (Å²) in [5, 5.41) is 7.34. The molecule has 0 aliphatic carbocycles. The van der Waals surface area contributed by atoms with Crippen LogP contribution in [0.15, 0.2) is 24.3 Å². The summed E-state index contributed by atoms with van der Waals surface area (Å²) in [4.78, 5) is 0. The number of aryl methyl sites for hydroxylation is 2. The Hall–Kier alpha value is -1.77. The number of nitrogens with two attached hydrogens (primary N) is 1. The van der Waals surface area contributed by atoms with Crippen LogP contribution in [0, 0.1) is 6.92 Å². The van der Waals surface area contributed by atoms with Crippen molar-refractivity contribution in [3.8, 4) is 11.1 Å². The maximum absolute atomic E-state index is 6.07. The molecule has 21 heavy (non-hydrogen) atoms. The maximum Gasteiger partial charge on any atom is 0.153 e. The average Bonchev–Trinajstić information content (AvgIpc) is 2.84. The highest BCUT2D eigenvalue weighted by atomic mass is 15.2. The molecule has 2 rings (SSSR count). The van der Waals surface area contributed by atoms with Crippen LogP contribution in [0.3, 0.4) is 0 Å². The van der Waals surface area contributed by atoms with Crippen LogP contribution in [0.1, 0.15) is 56.7 Å². The van der Waals surface area contributed by atoms with Gasteiger partial charge in [0.1, 0.15) is 0 Å². The molecule has 0 atom stereocenters. The number of nitrogens with zero attached hydrogens (tertiary/aromatic N) is 1. The number of aromatic amines is 1. The van der Waals surface area contributed by atoms with Crippen molar-refractivity contribution in [2.45, 2.75) is 58.8 Å². The lowest BCUT2D eigenvalue weighted by Crippen LogP contribution is -1.94. The third-order valence-corrected chi connectivity index (χ3v) is 4.06. The van der Waals surface area contributed by atoms with E-state index in [1.54, 1.807) is 0 Å². The van der Waals surface area contributed by atoms with Gasteiger partial charge in [0.05, 0.1) is 0 Å². The molecule has 1 aromatic heterocycles. The minimum absolute atomic E-state index is 0.616. The molecular weight excluding hydrogens is 258 g/mol. The summed E-state index contributed by atoms with van der Waals surface area (Å²) in [6.45, 7) is 4.37. The van der Waals surface area contributed by atoms with Gasteiger partial charge in [-0.25, -0.2) is 0 Å². The monoisotopic (exact) mass is 285 g/mol. The number of benzene rings is 1. The summed E-state index contributed by atoms with van der Waals surface area (Å²) < 4.78 is 0. The van der Waals surface area contributed by atoms with Crippen molar-refractivity contribution < 1.29 is 0 Å². The molecule has 0 spiro atoms. The van der Waals surface area contributed by atoms with Crippen LogP contribution < -0.4 is 5.73 Å². The van der Waals surface area contributed by atoms with E-state index in [-0.39, 0.29) is 0 Å². The van der Waals surface area contributed by atoms with Gasteiger partial charge in [-0.3, -0.25) is 5.10 Å². The number of hydrogen-bond acceptors (Lipinski definition) is 2. The second kappa shape index (κ2) is 7.87. The summed E-state index contributed by atoms with van der Waals surface area (Å²) in [6, 6.07) is 8.36. The Bertz CT molecular complexity index is 557. The van der Waals surface area contributed by atoms with Crippen LogP contribution in [0.5, 0.6) is 0 Å². The van der Waals surface area contributed by atoms with Gasteiger partial charge >= 0.3 is 0 Å². The van der Waals surface area contributed by atoms with E-state index in [0.29, 0.717) is 5.82 Å². The number of nitrogen functional groups attached to an aromatic ring is 1. The van der Waals surface area contributed by atoms with Crippen LogP contribution in [-0.4, -0.2) is 10.2 Å². The number of H-pyrrole nitrogens is 1. The SMILES string of the molecule is CCCCCCCCc1[nH]nc(N)c1-c1ccccc1C. The van der Waals surface area contributed by atoms with Crippen molar-refractivity contribution >= 4 is 5.82 Å². The van der Waals surface area contributed by atoms with Gasteiger partial charge in [0.25, 0.3) is 0 Å². The number of hydrogen-bond donors (Lipinski definition) is 2. The molecule has 3 nitrogen and oxygen atoms in total. The zero-order chi connectivity index (χ0) is 15.1. The molecule has 0 bridgehead atoms. The molecule has 0 fully saturated rings. The van der Waals surface area contributed by atoms with Crippen molar-refractivity contribution in [1.29, 1.82) is 0 Å². The second-order valence-electron chi connectivity index (χ2n) is 5.80. The Kier molecular flexibility index (Phi) is 5.85. The second-order valence-corrected chi connectivity index (χ2v) is 5.80. The Labute approximate surface area is 128 Å². The molecule has 3 N–H and O–H groups in total. The lowest BCUT2D eigenvalue weighted by molar-refractivity contribution is 0.604. The maximum atomic E-state index is 6.07. The van der Waals surface area contributed by atoms with E-state index >= 15 is 0 Å². The fourth-order valence-electron chi connectivity index (χ4n) is 2.81. The smallest absolute Gasteiger partial charge is 0.153 e. The number of rotatable bonds is 8. The van der Waals surface area contributed by atoms with Crippen molar-refractivity contribution in [2.75, 3.05) is 5.73 Å². The lowest BCUT2D eigenvalue weighted by Gasteiger charge is -2.07. The molecular formula is C18H27N3. The normalized spacial score (nSPS) is 11.0. The summed E-state index contributed by atoms with van der Waals surface area (Å²) in [5.74, 6) is 0.616. The molecule has 0 saturated carbocycles. The summed E-state index contributed by atoms with van der Waals surface area (Å²) in [6.07, 6.45) is 8.85. The van der Waals surface area contributed by atoms with E-state index in [1.165, 1.54) is 55.3 Å². The van der Waals surface area contributed by atoms with Gasteiger partial charge in [-0.15, -0.1) is 0 Å². The number of anilines is 1. The molecule has 0 unspecified atom stereocenters. The first-order valence-electron chi connectivity index (χ1n) is 8.12. The van der Waals surface area contributed by atoms with E-state index in [4.69, 9.17) is 5.73 Å². The van der Waals surface area contributed by atoms with Gasteiger partial charge < -0.3 is 5.73 Å². The van der Waals surface area contributed by atoms with E-state index in [2.05, 4.69) is 48.3 Å². The van der Waals surface area contributed by atoms with Gasteiger partial charge in [-0.1, -0.05) is 63.3 Å². The molecule has 0 amide bonds. The van der Waals surface area contributed by atoms with Crippen LogP contribution in [0.2, 0.25) is 0 Å². The third kappa shape index (κ3) is 4.10. The first kappa shape index (κ1) is 15.6. The van der Waals surface area contributed by atoms with Gasteiger partial charge in [-0.2, -0.15) is 5.10 Å². The quantitative estimate of drug-likeness (QED) is 0.680. The fourth-order valence-corrected chi connectivity index (χ4v) is 2.81. The van der Waals surface area contributed by atoms with Crippen LogP contribution >= 0.6 is 0 Å². The van der Waals surface area contributed by atoms with Gasteiger partial charge in [0.15, 0.2) is 5.82 Å². The Morgan fingerprint density at radius 1 is 1.05 bits per heavy atom. The van der Waals surface area contributed by atoms with Crippen molar-refractivity contribution in [3.05, 3.63) is 35.5 Å². The fraction of sp³-hybridized carbons (Fsp3) is 0.500. The van der Waals surface area contributed by atoms with Gasteiger partial charge in [0.2, 0.25) is 0 Å². The number of aromatic nitrogens is 2. The first-order valence-corrected chi connectivity index (χ1v) is 8.12. The van der Waals surface area contributed by atoms with Crippen molar-refractivity contribution in [2.24, 2.45) is 0 Å². The third-order valence-electron chi connectivity index (χ3n) is 4.06. The standard InChI is InChI=1S/C18H27N3/c1-3-4-5-6-7-8-13-16-17(18(19)21-20-16)15-12-10-9-11-14(15)2/h9-12H,3-8,13H2,1-2H3,(H3,19,20,21). The molecule has 3 heteroatoms. The summed E-state index contributed by atoms with van der Waals surface area (Å²) in [7, 11) is 0. The predicted octanol–water partition coefficient (Wildman–Crippen LogP) is 4.87. The highest BCUT2D eigenvalue weighted by molar-refractivity contribution is 5.78. The van der Waals surface area contributed by atoms with E-state index in [1.807, 2.05) is 0 Å². The number of unbranched alkanes of at least 4 members (excludes halogenated alkanes) is 5. The van der Waals surface area contributed by atoms with E-state index in [0.717, 1.165) is 12.0 Å². The Morgan fingerprint density at radius 3 is 2.52 bits per heavy atom. The van der Waals surface area contributed by atoms with Crippen LogP contribution in [-0.2, 0) is 6.42 Å². The molecule has 2 aromatic rings. The van der Waals surface area contributed by atoms with Crippen LogP contribution in [0.4, 0.5) is 5.82 Å². The lowest BCUT2D eigenvalue weighted by atomic mass is 9.98. The molecule has 1 heterocycles. The molecule has 0 radical (unpaired) electrons. The Morgan fingerprint density at radius 2 is 1.76 bits per heavy atom. The van der Waals surface area contributed by atoms with Crippen LogP contribution in [0.25, 0.3) is 11.1 Å². The molecule has 0 aliphatic rings. The summed E-state index contributed by atoms with van der Waals surface area (Å²) in [5.41, 5.74) is 10.8. The summed E-state index contributed by atoms with van der Waals surface area (Å²) >= 11 is 0. The highest BCUT2D eigenvalue weighted by Gasteiger charge is 2.14. The zero-order valence-corrected chi connectivity index (χ0v) is 13.3. The predicted molar refractivity (Wildman–Crippen MR) is 90.3 cm³/mol. The van der Waals surface area contributed by atoms with E-state index in [9.17, 15) is 0 Å². The van der Waals surface area contributed by atoms with Gasteiger partial charge in [0, 0.05) is 11.3 Å². The van der Waals surface area contributed by atoms with Crippen molar-refractivity contribution in [1.82, 2.24) is 10.2 Å². The average molecular weight is 285 g/mol. The molecule has 0 aliphatic heterocycles. The topological polar surface area (TPSA) is 54.7 Å². The molecule has 114 valence electrons. The first-order chi connectivity index (χ1) is 10.2. The molecule has 0 saturated heterocycles. The Balaban J connectivity index is 2.00. The minimum Gasteiger partial charge on any atom is -0.382 e. The largest absolute Gasteiger partial charge is 0.382 e. The van der Waals surface area contributed by atoms with Gasteiger partial charge in [-0.05, 0) is 30.9 Å². The number of nitrogens with one attached hydrogen (secondary N) is 1.